The number of nitrogens with one attached hydrogen (secondary N) is 3. The number of hydrogen-bond donors (Lipinski definition) is 4. The van der Waals surface area contributed by atoms with Gasteiger partial charge in [-0.1, -0.05) is 47.1 Å². The highest BCUT2D eigenvalue weighted by atomic mass is 32.1. The van der Waals surface area contributed by atoms with Gasteiger partial charge in [0.25, 0.3) is 29.5 Å². The number of thiazole rings is 1. The lowest BCUT2D eigenvalue weighted by Gasteiger charge is -2.38. The fourth-order valence-electron chi connectivity index (χ4n) is 8.30. The van der Waals surface area contributed by atoms with E-state index in [9.17, 15) is 53.1 Å². The third-order valence-electron chi connectivity index (χ3n) is 13.7. The first-order valence-corrected chi connectivity index (χ1v) is 26.2. The number of unbranched alkanes of at least 4 members (excludes halogenated alkanes) is 1. The number of aliphatic carboxylic acids is 1. The van der Waals surface area contributed by atoms with Crippen LogP contribution in [-0.4, -0.2) is 153 Å². The molecule has 1 aromatic heterocycles. The molecule has 4 N–H and O–H groups in total. The molecule has 0 fully saturated rings. The topological polar surface area (TPSA) is 271 Å². The lowest BCUT2D eigenvalue weighted by atomic mass is 9.92. The van der Waals surface area contributed by atoms with Gasteiger partial charge in [-0.15, -0.1) is 11.3 Å². The van der Waals surface area contributed by atoms with Gasteiger partial charge in [0.2, 0.25) is 11.8 Å². The van der Waals surface area contributed by atoms with Crippen LogP contribution in [0.2, 0.25) is 0 Å². The van der Waals surface area contributed by atoms with E-state index >= 15 is 0 Å². The zero-order valence-electron chi connectivity index (χ0n) is 44.9. The summed E-state index contributed by atoms with van der Waals surface area (Å²) in [7, 11) is 5.23. The fraction of sp³-hybridized carbons (Fsp3) is 0.566. The zero-order valence-corrected chi connectivity index (χ0v) is 45.7. The van der Waals surface area contributed by atoms with Gasteiger partial charge < -0.3 is 35.4 Å². The molecule has 1 unspecified atom stereocenters. The van der Waals surface area contributed by atoms with Crippen molar-refractivity contribution in [3.63, 3.8) is 0 Å². The third-order valence-corrected chi connectivity index (χ3v) is 14.6. The molecule has 6 atom stereocenters. The highest BCUT2D eigenvalue weighted by molar-refractivity contribution is 7.09. The minimum Gasteiger partial charge on any atom is -0.481 e. The van der Waals surface area contributed by atoms with E-state index in [1.165, 1.54) is 31.4 Å². The van der Waals surface area contributed by atoms with Crippen molar-refractivity contribution in [3.8, 4) is 5.75 Å². The lowest BCUT2D eigenvalue weighted by molar-refractivity contribution is -0.149. The summed E-state index contributed by atoms with van der Waals surface area (Å²) in [5, 5.41) is 20.9. The first-order valence-electron chi connectivity index (χ1n) is 25.3. The van der Waals surface area contributed by atoms with Crippen molar-refractivity contribution in [3.05, 3.63) is 64.1 Å². The summed E-state index contributed by atoms with van der Waals surface area (Å²) in [6.45, 7) is 14.6. The van der Waals surface area contributed by atoms with E-state index < -0.39 is 83.1 Å². The molecule has 75 heavy (non-hydrogen) atoms. The number of nitrogens with zero attached hydrogens (tertiary/aromatic N) is 5. The average molecular weight is 1060 g/mol. The molecule has 0 saturated carbocycles. The maximum absolute atomic E-state index is 14.3. The van der Waals surface area contributed by atoms with Gasteiger partial charge in [-0.25, -0.2) is 4.98 Å². The summed E-state index contributed by atoms with van der Waals surface area (Å²) < 4.78 is 11.6. The molecule has 0 spiro atoms. The molecule has 7 amide bonds. The Morgan fingerprint density at radius 2 is 1.44 bits per heavy atom. The van der Waals surface area contributed by atoms with Crippen LogP contribution < -0.4 is 20.7 Å². The summed E-state index contributed by atoms with van der Waals surface area (Å²) >= 11 is 1.09. The number of carboxylic acids is 1. The van der Waals surface area contributed by atoms with Crippen LogP contribution in [-0.2, 0) is 54.3 Å². The van der Waals surface area contributed by atoms with Gasteiger partial charge >= 0.3 is 17.9 Å². The molecule has 0 bridgehead atoms. The molecule has 410 valence electrons. The van der Waals surface area contributed by atoms with Crippen LogP contribution in [0.15, 0.2) is 47.9 Å². The van der Waals surface area contributed by atoms with Gasteiger partial charge in [0.05, 0.1) is 17.1 Å². The number of esters is 2. The van der Waals surface area contributed by atoms with E-state index in [1.54, 1.807) is 63.0 Å². The van der Waals surface area contributed by atoms with Crippen LogP contribution in [0.5, 0.6) is 5.75 Å². The Morgan fingerprint density at radius 1 is 0.840 bits per heavy atom. The first-order chi connectivity index (χ1) is 35.2. The van der Waals surface area contributed by atoms with Gasteiger partial charge in [-0.05, 0) is 89.6 Å². The van der Waals surface area contributed by atoms with Crippen LogP contribution >= 0.6 is 11.3 Å². The largest absolute Gasteiger partial charge is 0.481 e. The molecular weight excluding hydrogens is 989 g/mol. The Kier molecular flexibility index (Phi) is 22.4. The number of carboxylic acid groups (broad SMARTS) is 1. The number of benzene rings is 1. The van der Waals surface area contributed by atoms with E-state index in [-0.39, 0.29) is 80.3 Å². The summed E-state index contributed by atoms with van der Waals surface area (Å²) in [6.07, 6.45) is 5.65. The molecule has 2 aromatic rings. The van der Waals surface area contributed by atoms with Gasteiger partial charge in [-0.2, -0.15) is 0 Å². The van der Waals surface area contributed by atoms with Gasteiger partial charge in [0, 0.05) is 88.2 Å². The molecule has 3 heterocycles. The molecule has 0 saturated heterocycles. The number of carbonyl (C=O) groups excluding carboxylic acids is 9. The van der Waals surface area contributed by atoms with E-state index in [0.717, 1.165) is 33.3 Å². The van der Waals surface area contributed by atoms with Crippen LogP contribution in [0.4, 0.5) is 5.69 Å². The van der Waals surface area contributed by atoms with Gasteiger partial charge in [-0.3, -0.25) is 62.6 Å². The Labute approximate surface area is 442 Å². The maximum Gasteiger partial charge on any atom is 0.311 e. The van der Waals surface area contributed by atoms with Gasteiger partial charge in [0.15, 0.2) is 11.9 Å². The second-order valence-electron chi connectivity index (χ2n) is 20.2. The minimum absolute atomic E-state index is 0.00908. The van der Waals surface area contributed by atoms with Crippen LogP contribution in [0, 0.1) is 17.8 Å². The lowest BCUT2D eigenvalue weighted by Crippen LogP contribution is -2.60. The molecule has 4 rings (SSSR count). The van der Waals surface area contributed by atoms with E-state index in [4.69, 9.17) is 9.47 Å². The maximum atomic E-state index is 14.3. The third kappa shape index (κ3) is 17.1. The van der Waals surface area contributed by atoms with Crippen molar-refractivity contribution in [2.24, 2.45) is 17.8 Å². The predicted octanol–water partition coefficient (Wildman–Crippen LogP) is 4.67. The number of carbonyl (C=O) groups is 10. The molecule has 21 nitrogen and oxygen atoms in total. The quantitative estimate of drug-likeness (QED) is 0.0358. The SMILES string of the molecule is CC[C@H](C)[C@H](NC(=O)C(C)(C)N(C)C)C(=O)N(C)[C@H](C[C@@H](OC(C)=O)c1nc(C(=O)N[C@@H](Cc2ccc(OC(=O)CCCN3C(=O)C=CC3=O)c(NCCCCN3C(=O)C=CC3=O)c2)CC(C)C(=O)O)cs1)C(C)C. The highest BCUT2D eigenvalue weighted by Gasteiger charge is 2.39. The normalized spacial score (nSPS) is 16.0. The van der Waals surface area contributed by atoms with Crippen molar-refractivity contribution in [1.29, 1.82) is 0 Å². The van der Waals surface area contributed by atoms with Crippen molar-refractivity contribution in [2.75, 3.05) is 46.1 Å². The van der Waals surface area contributed by atoms with E-state index in [0.29, 0.717) is 42.1 Å². The number of imide groups is 2. The smallest absolute Gasteiger partial charge is 0.311 e. The standard InChI is InChI=1S/C53H74N8O13S/c1-12-32(4)47(57-52(72)53(7,8)58(9)10)50(69)59(11)39(31(2)3)29-41(73-34(6)62)49-56-38(30-75-49)48(68)55-36(26-33(5)51(70)71)27-35-17-18-40(74-46(67)16-15-25-61-44(65)21-22-45(61)66)37(28-35)54-23-13-14-24-60-42(63)19-20-43(60)64/h17-22,28,30-33,36,39,41,47,54H,12-16,23-27,29H2,1-11H3,(H,55,68)(H,57,72)(H,70,71)/t32-,33?,36+,39+,41+,47-/m0/s1. The van der Waals surface area contributed by atoms with Crippen molar-refractivity contribution in [2.45, 2.75) is 137 Å². The highest BCUT2D eigenvalue weighted by Crippen LogP contribution is 2.32. The summed E-state index contributed by atoms with van der Waals surface area (Å²) in [6, 6.07) is 2.82. The number of aromatic nitrogens is 1. The number of hydrogen-bond acceptors (Lipinski definition) is 16. The Hall–Kier alpha value is -6.81. The monoisotopic (exact) mass is 1060 g/mol. The molecule has 2 aliphatic heterocycles. The Bertz CT molecular complexity index is 2470. The second-order valence-corrected chi connectivity index (χ2v) is 21.1. The summed E-state index contributed by atoms with van der Waals surface area (Å²) in [5.41, 5.74) is 0.105. The second kappa shape index (κ2) is 27.6. The van der Waals surface area contributed by atoms with Crippen LogP contribution in [0.3, 0.4) is 0 Å². The average Bonchev–Trinajstić information content (AvgIpc) is 4.06. The van der Waals surface area contributed by atoms with Crippen LogP contribution in [0.1, 0.15) is 127 Å². The van der Waals surface area contributed by atoms with Crippen molar-refractivity contribution < 1.29 is 62.5 Å². The van der Waals surface area contributed by atoms with Gasteiger partial charge in [0.1, 0.15) is 16.7 Å². The number of amides is 7. The first kappa shape index (κ1) is 60.7. The Balaban J connectivity index is 1.55. The number of anilines is 1. The summed E-state index contributed by atoms with van der Waals surface area (Å²) in [4.78, 5) is 138. The molecule has 2 aliphatic rings. The number of likely N-dealkylation sites (N-methyl/N-ethyl adjacent to an activating group) is 2. The Morgan fingerprint density at radius 3 is 1.99 bits per heavy atom. The molecular formula is C53H74N8O13S. The van der Waals surface area contributed by atoms with E-state index in [2.05, 4.69) is 20.9 Å². The van der Waals surface area contributed by atoms with E-state index in [1.807, 2.05) is 27.7 Å². The minimum atomic E-state index is -1.08. The molecule has 0 radical (unpaired) electrons. The predicted molar refractivity (Wildman–Crippen MR) is 279 cm³/mol. The number of ether oxygens (including phenoxy) is 2. The molecule has 22 heteroatoms. The van der Waals surface area contributed by atoms with Crippen LogP contribution in [0.25, 0.3) is 0 Å². The number of rotatable bonds is 30. The zero-order chi connectivity index (χ0) is 55.9. The molecule has 0 aliphatic carbocycles. The van der Waals surface area contributed by atoms with Crippen molar-refractivity contribution >= 4 is 76.3 Å². The molecule has 1 aromatic carbocycles. The fourth-order valence-corrected chi connectivity index (χ4v) is 9.13. The summed E-state index contributed by atoms with van der Waals surface area (Å²) in [5.74, 6) is -6.36. The van der Waals surface area contributed by atoms with Crippen molar-refractivity contribution in [1.82, 2.24) is 35.2 Å².